The predicted octanol–water partition coefficient (Wildman–Crippen LogP) is 2.00. The van der Waals surface area contributed by atoms with E-state index in [2.05, 4.69) is 36.3 Å². The van der Waals surface area contributed by atoms with Crippen LogP contribution in [0.5, 0.6) is 0 Å². The topological polar surface area (TPSA) is 38.7 Å². The van der Waals surface area contributed by atoms with Gasteiger partial charge < -0.3 is 0 Å². The molecule has 2 aromatic heterocycles. The highest BCUT2D eigenvalue weighted by Gasteiger charge is 2.05. The molecule has 0 bridgehead atoms. The fraction of sp³-hybridized carbons (Fsp3) is 0.167. The first-order valence-electron chi connectivity index (χ1n) is 3.02. The van der Waals surface area contributed by atoms with E-state index >= 15 is 0 Å². The molecule has 0 aromatic carbocycles. The monoisotopic (exact) mass is 277 g/mol. The molecule has 2 rings (SSSR count). The predicted molar refractivity (Wildman–Crippen MR) is 52.7 cm³/mol. The van der Waals surface area contributed by atoms with E-state index in [1.165, 1.54) is 11.7 Å². The van der Waals surface area contributed by atoms with Crippen LogP contribution < -0.4 is 0 Å². The van der Waals surface area contributed by atoms with Crippen LogP contribution in [0, 0.1) is 10.5 Å². The number of fused-ring (bicyclic) bond motifs is 1. The second-order valence-corrected chi connectivity index (χ2v) is 3.84. The molecule has 0 spiro atoms. The average Bonchev–Trinajstić information content (AvgIpc) is 2.45. The first-order chi connectivity index (χ1) is 5.29. The lowest BCUT2D eigenvalue weighted by molar-refractivity contribution is 1.21. The molecule has 2 heterocycles. The Labute approximate surface area is 81.3 Å². The Morgan fingerprint density at radius 1 is 1.36 bits per heavy atom. The molecule has 0 unspecified atom stereocenters. The van der Waals surface area contributed by atoms with Crippen molar-refractivity contribution in [1.82, 2.24) is 13.7 Å². The van der Waals surface area contributed by atoms with E-state index in [1.54, 1.807) is 0 Å². The molecule has 2 aromatic rings. The first-order valence-corrected chi connectivity index (χ1v) is 4.83. The van der Waals surface area contributed by atoms with Gasteiger partial charge in [0.15, 0.2) is 0 Å². The quantitative estimate of drug-likeness (QED) is 0.691. The van der Waals surface area contributed by atoms with Crippen LogP contribution >= 0.6 is 34.3 Å². The normalized spacial score (nSPS) is 10.7. The van der Waals surface area contributed by atoms with Gasteiger partial charge in [-0.05, 0) is 29.5 Å². The van der Waals surface area contributed by atoms with Crippen molar-refractivity contribution in [3.8, 4) is 0 Å². The van der Waals surface area contributed by atoms with Crippen molar-refractivity contribution >= 4 is 45.4 Å². The summed E-state index contributed by atoms with van der Waals surface area (Å²) in [4.78, 5) is 4.18. The molecule has 5 heteroatoms. The Bertz CT molecular complexity index is 362. The molecule has 3 nitrogen and oxygen atoms in total. The van der Waals surface area contributed by atoms with Crippen molar-refractivity contribution in [3.05, 3.63) is 15.5 Å². The zero-order chi connectivity index (χ0) is 7.84. The van der Waals surface area contributed by atoms with Crippen LogP contribution in [-0.4, -0.2) is 13.7 Å². The van der Waals surface area contributed by atoms with Gasteiger partial charge in [0.2, 0.25) is 0 Å². The number of halogens is 1. The number of aryl methyl sites for hydroxylation is 1. The zero-order valence-electron chi connectivity index (χ0n) is 5.71. The fourth-order valence-corrected chi connectivity index (χ4v) is 2.14. The maximum Gasteiger partial charge on any atom is 0.127 e. The largest absolute Gasteiger partial charge is 0.258 e. The Morgan fingerprint density at radius 2 is 2.09 bits per heavy atom. The summed E-state index contributed by atoms with van der Waals surface area (Å²) >= 11 is 3.45. The molecule has 0 radical (unpaired) electrons. The number of hydrogen-bond acceptors (Lipinski definition) is 4. The van der Waals surface area contributed by atoms with E-state index in [0.717, 1.165) is 20.3 Å². The second kappa shape index (κ2) is 2.63. The smallest absolute Gasteiger partial charge is 0.127 e. The molecule has 0 amide bonds. The number of aromatic nitrogens is 3. The van der Waals surface area contributed by atoms with Gasteiger partial charge in [0.1, 0.15) is 11.0 Å². The summed E-state index contributed by atoms with van der Waals surface area (Å²) in [6, 6.07) is 0. The van der Waals surface area contributed by atoms with E-state index in [-0.39, 0.29) is 0 Å². The summed E-state index contributed by atoms with van der Waals surface area (Å²) in [6.07, 6.45) is 1.82. The third kappa shape index (κ3) is 1.12. The van der Waals surface area contributed by atoms with Gasteiger partial charge in [-0.15, -0.1) is 0 Å². The van der Waals surface area contributed by atoms with Crippen LogP contribution in [-0.2, 0) is 0 Å². The maximum absolute atomic E-state index is 4.18. The number of rotatable bonds is 0. The third-order valence-corrected chi connectivity index (χ3v) is 2.75. The van der Waals surface area contributed by atoms with E-state index in [0.29, 0.717) is 0 Å². The van der Waals surface area contributed by atoms with Gasteiger partial charge in [-0.2, -0.15) is 8.75 Å². The number of pyridine rings is 1. The van der Waals surface area contributed by atoms with Gasteiger partial charge in [-0.25, -0.2) is 0 Å². The Balaban J connectivity index is 2.96. The van der Waals surface area contributed by atoms with E-state index < -0.39 is 0 Å². The van der Waals surface area contributed by atoms with Crippen molar-refractivity contribution in [2.24, 2.45) is 0 Å². The standard InChI is InChI=1S/C6H4IN3S/c1-3-5-6(10-11-9-5)4(7)2-8-3/h2H,1H3. The summed E-state index contributed by atoms with van der Waals surface area (Å²) in [5, 5.41) is 0. The van der Waals surface area contributed by atoms with Gasteiger partial charge in [-0.1, -0.05) is 0 Å². The molecule has 56 valence electrons. The lowest BCUT2D eigenvalue weighted by atomic mass is 10.3. The lowest BCUT2D eigenvalue weighted by Crippen LogP contribution is -1.85. The van der Waals surface area contributed by atoms with Crippen molar-refractivity contribution in [2.45, 2.75) is 6.92 Å². The van der Waals surface area contributed by atoms with Crippen LogP contribution in [0.25, 0.3) is 11.0 Å². The van der Waals surface area contributed by atoms with Crippen molar-refractivity contribution < 1.29 is 0 Å². The summed E-state index contributed by atoms with van der Waals surface area (Å²) in [5.41, 5.74) is 2.86. The number of nitrogens with zero attached hydrogens (tertiary/aromatic N) is 3. The highest BCUT2D eigenvalue weighted by molar-refractivity contribution is 14.1. The number of hydrogen-bond donors (Lipinski definition) is 0. The minimum Gasteiger partial charge on any atom is -0.258 e. The van der Waals surface area contributed by atoms with Crippen molar-refractivity contribution in [1.29, 1.82) is 0 Å². The van der Waals surface area contributed by atoms with Crippen LogP contribution in [0.2, 0.25) is 0 Å². The molecular weight excluding hydrogens is 273 g/mol. The zero-order valence-corrected chi connectivity index (χ0v) is 8.68. The minimum absolute atomic E-state index is 0.932. The van der Waals surface area contributed by atoms with Crippen LogP contribution in [0.3, 0.4) is 0 Å². The minimum atomic E-state index is 0.932. The highest BCUT2D eigenvalue weighted by Crippen LogP contribution is 2.19. The fourth-order valence-electron chi connectivity index (χ4n) is 0.858. The van der Waals surface area contributed by atoms with Gasteiger partial charge in [0.25, 0.3) is 0 Å². The van der Waals surface area contributed by atoms with Gasteiger partial charge in [0, 0.05) is 6.20 Å². The van der Waals surface area contributed by atoms with Crippen LogP contribution in [0.4, 0.5) is 0 Å². The molecule has 0 aliphatic rings. The Kier molecular flexibility index (Phi) is 1.76. The average molecular weight is 277 g/mol. The Morgan fingerprint density at radius 3 is 2.82 bits per heavy atom. The molecule has 0 aliphatic heterocycles. The molecule has 0 fully saturated rings. The van der Waals surface area contributed by atoms with Gasteiger partial charge >= 0.3 is 0 Å². The first kappa shape index (κ1) is 7.35. The summed E-state index contributed by atoms with van der Waals surface area (Å²) < 4.78 is 9.37. The van der Waals surface area contributed by atoms with Crippen LogP contribution in [0.1, 0.15) is 5.69 Å². The molecule has 0 atom stereocenters. The lowest BCUT2D eigenvalue weighted by Gasteiger charge is -1.92. The summed E-state index contributed by atoms with van der Waals surface area (Å²) in [7, 11) is 0. The van der Waals surface area contributed by atoms with Crippen LogP contribution in [0.15, 0.2) is 6.20 Å². The van der Waals surface area contributed by atoms with E-state index in [4.69, 9.17) is 0 Å². The highest BCUT2D eigenvalue weighted by atomic mass is 127. The molecular formula is C6H4IN3S. The second-order valence-electron chi connectivity index (χ2n) is 2.15. The van der Waals surface area contributed by atoms with E-state index in [9.17, 15) is 0 Å². The van der Waals surface area contributed by atoms with E-state index in [1.807, 2.05) is 13.1 Å². The SMILES string of the molecule is Cc1ncc(I)c2nsnc12. The van der Waals surface area contributed by atoms with Gasteiger partial charge in [-0.3, -0.25) is 4.98 Å². The van der Waals surface area contributed by atoms with Crippen molar-refractivity contribution in [2.75, 3.05) is 0 Å². The molecule has 0 saturated carbocycles. The maximum atomic E-state index is 4.18. The molecule has 0 aliphatic carbocycles. The molecule has 0 saturated heterocycles. The summed E-state index contributed by atoms with van der Waals surface area (Å²) in [5.74, 6) is 0. The third-order valence-electron chi connectivity index (χ3n) is 1.43. The Hall–Kier alpha value is -0.300. The van der Waals surface area contributed by atoms with Crippen molar-refractivity contribution in [3.63, 3.8) is 0 Å². The van der Waals surface area contributed by atoms with Gasteiger partial charge in [0.05, 0.1) is 21.0 Å². The molecule has 0 N–H and O–H groups in total. The molecule has 11 heavy (non-hydrogen) atoms. The summed E-state index contributed by atoms with van der Waals surface area (Å²) in [6.45, 7) is 1.94.